The van der Waals surface area contributed by atoms with Gasteiger partial charge in [-0.2, -0.15) is 0 Å². The summed E-state index contributed by atoms with van der Waals surface area (Å²) in [6.45, 7) is 5.28. The summed E-state index contributed by atoms with van der Waals surface area (Å²) < 4.78 is 5.91. The molecule has 1 atom stereocenters. The van der Waals surface area contributed by atoms with Gasteiger partial charge in [0.25, 0.3) is 5.91 Å². The lowest BCUT2D eigenvalue weighted by atomic mass is 9.98. The van der Waals surface area contributed by atoms with Crippen molar-refractivity contribution >= 4 is 28.3 Å². The second kappa shape index (κ2) is 6.02. The van der Waals surface area contributed by atoms with Crippen molar-refractivity contribution in [3.63, 3.8) is 0 Å². The normalized spacial score (nSPS) is 18.2. The lowest BCUT2D eigenvalue weighted by Crippen LogP contribution is -2.39. The molecule has 0 radical (unpaired) electrons. The predicted molar refractivity (Wildman–Crippen MR) is 93.5 cm³/mol. The molecule has 1 aliphatic rings. The van der Waals surface area contributed by atoms with Crippen LogP contribution in [0.5, 0.6) is 0 Å². The minimum absolute atomic E-state index is 0.0823. The summed E-state index contributed by atoms with van der Waals surface area (Å²) in [4.78, 5) is 24.5. The van der Waals surface area contributed by atoms with E-state index in [2.05, 4.69) is 9.97 Å². The fourth-order valence-corrected chi connectivity index (χ4v) is 4.19. The van der Waals surface area contributed by atoms with Crippen LogP contribution in [0.15, 0.2) is 28.7 Å². The number of amides is 1. The van der Waals surface area contributed by atoms with Gasteiger partial charge in [0.15, 0.2) is 11.5 Å². The molecule has 0 spiro atoms. The van der Waals surface area contributed by atoms with E-state index in [0.29, 0.717) is 6.54 Å². The Balaban J connectivity index is 1.57. The number of piperidine rings is 1. The summed E-state index contributed by atoms with van der Waals surface area (Å²) >= 11 is 1.48. The highest BCUT2D eigenvalue weighted by atomic mass is 32.1. The molecule has 3 heterocycles. The first-order chi connectivity index (χ1) is 11.6. The number of hydrogen-bond acceptors (Lipinski definition) is 5. The van der Waals surface area contributed by atoms with E-state index in [1.165, 1.54) is 11.3 Å². The molecule has 5 nitrogen and oxygen atoms in total. The Morgan fingerprint density at radius 2 is 2.12 bits per heavy atom. The molecule has 4 rings (SSSR count). The molecule has 1 fully saturated rings. The van der Waals surface area contributed by atoms with E-state index in [4.69, 9.17) is 4.42 Å². The minimum atomic E-state index is 0.0823. The number of oxazole rings is 1. The molecule has 124 valence electrons. The van der Waals surface area contributed by atoms with Crippen LogP contribution in [0, 0.1) is 13.8 Å². The van der Waals surface area contributed by atoms with Gasteiger partial charge in [-0.25, -0.2) is 9.97 Å². The molecule has 2 aromatic heterocycles. The SMILES string of the molecule is Cc1nc(C)c(C(=O)N2CCC[C@H](c3nc4ccccc4o3)C2)s1. The van der Waals surface area contributed by atoms with Gasteiger partial charge < -0.3 is 9.32 Å². The van der Waals surface area contributed by atoms with Crippen molar-refractivity contribution in [3.05, 3.63) is 45.7 Å². The molecule has 0 aliphatic carbocycles. The number of hydrogen-bond donors (Lipinski definition) is 0. The van der Waals surface area contributed by atoms with Gasteiger partial charge in [-0.15, -0.1) is 11.3 Å². The maximum atomic E-state index is 12.8. The molecule has 0 unspecified atom stereocenters. The number of likely N-dealkylation sites (tertiary alicyclic amines) is 1. The summed E-state index contributed by atoms with van der Waals surface area (Å²) in [5, 5.41) is 0.934. The number of rotatable bonds is 2. The smallest absolute Gasteiger partial charge is 0.265 e. The summed E-state index contributed by atoms with van der Waals surface area (Å²) in [5.41, 5.74) is 2.52. The van der Waals surface area contributed by atoms with E-state index in [9.17, 15) is 4.79 Å². The number of aromatic nitrogens is 2. The van der Waals surface area contributed by atoms with Gasteiger partial charge in [0.1, 0.15) is 10.4 Å². The number of benzene rings is 1. The van der Waals surface area contributed by atoms with Crippen LogP contribution in [0.3, 0.4) is 0 Å². The zero-order valence-corrected chi connectivity index (χ0v) is 14.6. The molecule has 0 bridgehead atoms. The van der Waals surface area contributed by atoms with Crippen molar-refractivity contribution in [3.8, 4) is 0 Å². The highest BCUT2D eigenvalue weighted by Gasteiger charge is 2.30. The van der Waals surface area contributed by atoms with Gasteiger partial charge in [-0.05, 0) is 38.8 Å². The largest absolute Gasteiger partial charge is 0.440 e. The third-order valence-corrected chi connectivity index (χ3v) is 5.53. The highest BCUT2D eigenvalue weighted by Crippen LogP contribution is 2.30. The molecular weight excluding hydrogens is 322 g/mol. The Morgan fingerprint density at radius 1 is 1.29 bits per heavy atom. The number of carbonyl (C=O) groups excluding carboxylic acids is 1. The van der Waals surface area contributed by atoms with Gasteiger partial charge in [-0.3, -0.25) is 4.79 Å². The van der Waals surface area contributed by atoms with Crippen LogP contribution in [0.4, 0.5) is 0 Å². The third kappa shape index (κ3) is 2.71. The average molecular weight is 341 g/mol. The van der Waals surface area contributed by atoms with Crippen molar-refractivity contribution in [1.29, 1.82) is 0 Å². The van der Waals surface area contributed by atoms with Crippen LogP contribution < -0.4 is 0 Å². The molecule has 6 heteroatoms. The topological polar surface area (TPSA) is 59.2 Å². The van der Waals surface area contributed by atoms with Crippen LogP contribution in [-0.4, -0.2) is 33.9 Å². The van der Waals surface area contributed by atoms with Crippen LogP contribution in [0.1, 0.15) is 45.0 Å². The van der Waals surface area contributed by atoms with Crippen molar-refractivity contribution in [2.24, 2.45) is 0 Å². The van der Waals surface area contributed by atoms with Gasteiger partial charge in [0.2, 0.25) is 0 Å². The number of fused-ring (bicyclic) bond motifs is 1. The van der Waals surface area contributed by atoms with E-state index < -0.39 is 0 Å². The average Bonchev–Trinajstić information content (AvgIpc) is 3.17. The minimum Gasteiger partial charge on any atom is -0.440 e. The first kappa shape index (κ1) is 15.3. The molecule has 1 aliphatic heterocycles. The van der Waals surface area contributed by atoms with E-state index in [1.807, 2.05) is 43.0 Å². The molecule has 24 heavy (non-hydrogen) atoms. The number of carbonyl (C=O) groups is 1. The molecule has 1 amide bonds. The summed E-state index contributed by atoms with van der Waals surface area (Å²) in [7, 11) is 0. The van der Waals surface area contributed by atoms with Crippen LogP contribution in [-0.2, 0) is 0 Å². The lowest BCUT2D eigenvalue weighted by Gasteiger charge is -2.31. The van der Waals surface area contributed by atoms with Gasteiger partial charge in [-0.1, -0.05) is 12.1 Å². The van der Waals surface area contributed by atoms with E-state index in [0.717, 1.165) is 52.0 Å². The van der Waals surface area contributed by atoms with Gasteiger partial charge in [0.05, 0.1) is 16.6 Å². The summed E-state index contributed by atoms with van der Waals surface area (Å²) in [6.07, 6.45) is 1.96. The first-order valence-electron chi connectivity index (χ1n) is 8.20. The number of aryl methyl sites for hydroxylation is 2. The molecule has 1 saturated heterocycles. The van der Waals surface area contributed by atoms with E-state index in [1.54, 1.807) is 0 Å². The number of thiazole rings is 1. The second-order valence-corrected chi connectivity index (χ2v) is 7.46. The predicted octanol–water partition coefficient (Wildman–Crippen LogP) is 3.92. The number of nitrogens with zero attached hydrogens (tertiary/aromatic N) is 3. The van der Waals surface area contributed by atoms with Crippen molar-refractivity contribution in [2.45, 2.75) is 32.6 Å². The van der Waals surface area contributed by atoms with Crippen LogP contribution >= 0.6 is 11.3 Å². The standard InChI is InChI=1S/C18H19N3O2S/c1-11-16(24-12(2)19-11)18(22)21-9-5-6-13(10-21)17-20-14-7-3-4-8-15(14)23-17/h3-4,7-8,13H,5-6,9-10H2,1-2H3/t13-/m0/s1. The Hall–Kier alpha value is -2.21. The second-order valence-electron chi connectivity index (χ2n) is 6.26. The Morgan fingerprint density at radius 3 is 2.88 bits per heavy atom. The quantitative estimate of drug-likeness (QED) is 0.709. The Bertz CT molecular complexity index is 866. The molecule has 0 saturated carbocycles. The van der Waals surface area contributed by atoms with Crippen molar-refractivity contribution in [1.82, 2.24) is 14.9 Å². The fourth-order valence-electron chi connectivity index (χ4n) is 3.30. The lowest BCUT2D eigenvalue weighted by molar-refractivity contribution is 0.0703. The molecule has 1 aromatic carbocycles. The van der Waals surface area contributed by atoms with Crippen LogP contribution in [0.25, 0.3) is 11.1 Å². The highest BCUT2D eigenvalue weighted by molar-refractivity contribution is 7.13. The number of para-hydroxylation sites is 2. The van der Waals surface area contributed by atoms with Crippen molar-refractivity contribution in [2.75, 3.05) is 13.1 Å². The van der Waals surface area contributed by atoms with E-state index >= 15 is 0 Å². The molecule has 0 N–H and O–H groups in total. The third-order valence-electron chi connectivity index (χ3n) is 4.47. The Kier molecular flexibility index (Phi) is 3.84. The maximum Gasteiger partial charge on any atom is 0.265 e. The van der Waals surface area contributed by atoms with Gasteiger partial charge >= 0.3 is 0 Å². The Labute approximate surface area is 144 Å². The monoisotopic (exact) mass is 341 g/mol. The van der Waals surface area contributed by atoms with Crippen LogP contribution in [0.2, 0.25) is 0 Å². The van der Waals surface area contributed by atoms with Crippen molar-refractivity contribution < 1.29 is 9.21 Å². The van der Waals surface area contributed by atoms with Gasteiger partial charge in [0, 0.05) is 13.1 Å². The zero-order valence-electron chi connectivity index (χ0n) is 13.8. The van der Waals surface area contributed by atoms with E-state index in [-0.39, 0.29) is 11.8 Å². The first-order valence-corrected chi connectivity index (χ1v) is 9.02. The zero-order chi connectivity index (χ0) is 16.7. The molecule has 3 aromatic rings. The fraction of sp³-hybridized carbons (Fsp3) is 0.389. The molecular formula is C18H19N3O2S. The summed E-state index contributed by atoms with van der Waals surface area (Å²) in [5.74, 6) is 0.981. The summed E-state index contributed by atoms with van der Waals surface area (Å²) in [6, 6.07) is 7.79. The maximum absolute atomic E-state index is 12.8.